The van der Waals surface area contributed by atoms with Crippen LogP contribution in [-0.2, 0) is 4.79 Å². The maximum absolute atomic E-state index is 12.2. The lowest BCUT2D eigenvalue weighted by Crippen LogP contribution is -2.50. The normalized spacial score (nSPS) is 27.8. The zero-order valence-electron chi connectivity index (χ0n) is 10.8. The molecule has 98 valence electrons. The smallest absolute Gasteiger partial charge is 0.239 e. The molecule has 0 aromatic carbocycles. The van der Waals surface area contributed by atoms with Crippen LogP contribution in [0.25, 0.3) is 0 Å². The molecule has 17 heavy (non-hydrogen) atoms. The number of hydrogen-bond donors (Lipinski definition) is 1. The van der Waals surface area contributed by atoms with Gasteiger partial charge in [0.25, 0.3) is 0 Å². The van der Waals surface area contributed by atoms with Crippen LogP contribution >= 0.6 is 11.8 Å². The first-order valence-corrected chi connectivity index (χ1v) is 8.05. The zero-order valence-corrected chi connectivity index (χ0v) is 11.6. The fourth-order valence-electron chi connectivity index (χ4n) is 2.69. The first kappa shape index (κ1) is 13.2. The summed E-state index contributed by atoms with van der Waals surface area (Å²) >= 11 is 2.00. The Balaban J connectivity index is 1.77. The number of amides is 1. The summed E-state index contributed by atoms with van der Waals surface area (Å²) in [5, 5.41) is 3.50. The van der Waals surface area contributed by atoms with E-state index in [-0.39, 0.29) is 6.04 Å². The maximum atomic E-state index is 12.2. The number of carbonyl (C=O) groups is 1. The van der Waals surface area contributed by atoms with Crippen molar-refractivity contribution in [3.63, 3.8) is 0 Å². The molecular formula is C13H24N2OS. The van der Waals surface area contributed by atoms with Gasteiger partial charge in [0.05, 0.1) is 6.04 Å². The van der Waals surface area contributed by atoms with Crippen LogP contribution in [0.1, 0.15) is 39.0 Å². The van der Waals surface area contributed by atoms with Crippen molar-refractivity contribution in [2.24, 2.45) is 0 Å². The number of rotatable bonds is 3. The van der Waals surface area contributed by atoms with Gasteiger partial charge in [0.1, 0.15) is 0 Å². The Bertz CT molecular complexity index is 248. The Morgan fingerprint density at radius 2 is 2.06 bits per heavy atom. The Labute approximate surface area is 109 Å². The molecular weight excluding hydrogens is 232 g/mol. The van der Waals surface area contributed by atoms with Crippen LogP contribution in [0.5, 0.6) is 0 Å². The molecule has 1 amide bonds. The van der Waals surface area contributed by atoms with Crippen molar-refractivity contribution in [3.05, 3.63) is 0 Å². The Morgan fingerprint density at radius 1 is 1.29 bits per heavy atom. The van der Waals surface area contributed by atoms with Crippen molar-refractivity contribution in [3.8, 4) is 0 Å². The molecule has 2 atom stereocenters. The van der Waals surface area contributed by atoms with Gasteiger partial charge in [-0.2, -0.15) is 11.8 Å². The molecule has 1 N–H and O–H groups in total. The van der Waals surface area contributed by atoms with Crippen molar-refractivity contribution < 1.29 is 4.79 Å². The molecule has 2 rings (SSSR count). The summed E-state index contributed by atoms with van der Waals surface area (Å²) < 4.78 is 0. The van der Waals surface area contributed by atoms with Crippen molar-refractivity contribution in [1.29, 1.82) is 0 Å². The van der Waals surface area contributed by atoms with Crippen LogP contribution in [0.2, 0.25) is 0 Å². The molecule has 2 saturated heterocycles. The van der Waals surface area contributed by atoms with Gasteiger partial charge in [-0.05, 0) is 44.8 Å². The molecule has 3 nitrogen and oxygen atoms in total. The molecule has 4 heteroatoms. The van der Waals surface area contributed by atoms with E-state index in [0.29, 0.717) is 11.9 Å². The third kappa shape index (κ3) is 3.88. The minimum atomic E-state index is -0.00296. The molecule has 0 radical (unpaired) electrons. The second kappa shape index (κ2) is 6.64. The number of hydrogen-bond acceptors (Lipinski definition) is 3. The molecule has 2 heterocycles. The van der Waals surface area contributed by atoms with E-state index in [1.165, 1.54) is 37.9 Å². The molecule has 0 aliphatic carbocycles. The lowest BCUT2D eigenvalue weighted by atomic mass is 10.1. The van der Waals surface area contributed by atoms with E-state index in [0.717, 1.165) is 18.8 Å². The van der Waals surface area contributed by atoms with E-state index < -0.39 is 0 Å². The van der Waals surface area contributed by atoms with Crippen LogP contribution < -0.4 is 5.32 Å². The summed E-state index contributed by atoms with van der Waals surface area (Å²) in [4.78, 5) is 14.3. The highest BCUT2D eigenvalue weighted by Crippen LogP contribution is 2.18. The number of likely N-dealkylation sites (tertiary alicyclic amines) is 1. The maximum Gasteiger partial charge on any atom is 0.239 e. The van der Waals surface area contributed by atoms with Crippen LogP contribution in [0.3, 0.4) is 0 Å². The van der Waals surface area contributed by atoms with E-state index in [9.17, 15) is 4.79 Å². The first-order chi connectivity index (χ1) is 8.27. The van der Waals surface area contributed by atoms with Gasteiger partial charge in [0, 0.05) is 24.9 Å². The topological polar surface area (TPSA) is 32.3 Å². The Morgan fingerprint density at radius 3 is 2.71 bits per heavy atom. The lowest BCUT2D eigenvalue weighted by molar-refractivity contribution is -0.134. The molecule has 2 aliphatic heterocycles. The van der Waals surface area contributed by atoms with Crippen LogP contribution in [0.15, 0.2) is 0 Å². The summed E-state index contributed by atoms with van der Waals surface area (Å²) in [5.74, 6) is 2.75. The summed E-state index contributed by atoms with van der Waals surface area (Å²) in [6, 6.07) is 0.536. The summed E-state index contributed by atoms with van der Waals surface area (Å²) in [6.45, 7) is 3.95. The number of piperidine rings is 1. The van der Waals surface area contributed by atoms with Crippen LogP contribution in [0.4, 0.5) is 0 Å². The predicted molar refractivity (Wildman–Crippen MR) is 73.4 cm³/mol. The molecule has 0 spiro atoms. The molecule has 2 unspecified atom stereocenters. The molecule has 0 bridgehead atoms. The monoisotopic (exact) mass is 256 g/mol. The molecule has 0 aromatic heterocycles. The first-order valence-electron chi connectivity index (χ1n) is 6.90. The van der Waals surface area contributed by atoms with Crippen LogP contribution in [0, 0.1) is 0 Å². The standard InChI is InChI=1S/C13H24N2OS/c1-11(14-12-6-5-9-17-10-12)13(16)15-7-3-2-4-8-15/h11-12,14H,2-10H2,1H3. The average Bonchev–Trinajstić information content (AvgIpc) is 2.40. The SMILES string of the molecule is CC(NC1CCCSC1)C(=O)N1CCCCC1. The summed E-state index contributed by atoms with van der Waals surface area (Å²) in [7, 11) is 0. The minimum absolute atomic E-state index is 0.00296. The van der Waals surface area contributed by atoms with Gasteiger partial charge >= 0.3 is 0 Å². The van der Waals surface area contributed by atoms with Gasteiger partial charge in [-0.3, -0.25) is 4.79 Å². The number of nitrogens with one attached hydrogen (secondary N) is 1. The third-order valence-electron chi connectivity index (χ3n) is 3.68. The second-order valence-electron chi connectivity index (χ2n) is 5.19. The van der Waals surface area contributed by atoms with E-state index >= 15 is 0 Å². The Hall–Kier alpha value is -0.220. The van der Waals surface area contributed by atoms with E-state index in [2.05, 4.69) is 5.32 Å². The van der Waals surface area contributed by atoms with Gasteiger partial charge in [0.2, 0.25) is 5.91 Å². The van der Waals surface area contributed by atoms with Crippen molar-refractivity contribution in [2.45, 2.75) is 51.1 Å². The van der Waals surface area contributed by atoms with Gasteiger partial charge in [-0.1, -0.05) is 0 Å². The third-order valence-corrected chi connectivity index (χ3v) is 4.90. The van der Waals surface area contributed by atoms with E-state index in [1.807, 2.05) is 23.6 Å². The molecule has 0 saturated carbocycles. The number of nitrogens with zero attached hydrogens (tertiary/aromatic N) is 1. The molecule has 2 fully saturated rings. The van der Waals surface area contributed by atoms with E-state index in [4.69, 9.17) is 0 Å². The zero-order chi connectivity index (χ0) is 12.1. The fraction of sp³-hybridized carbons (Fsp3) is 0.923. The quantitative estimate of drug-likeness (QED) is 0.837. The van der Waals surface area contributed by atoms with Crippen molar-refractivity contribution in [1.82, 2.24) is 10.2 Å². The van der Waals surface area contributed by atoms with Crippen molar-refractivity contribution in [2.75, 3.05) is 24.6 Å². The molecule has 2 aliphatic rings. The minimum Gasteiger partial charge on any atom is -0.341 e. The molecule has 0 aromatic rings. The fourth-order valence-corrected chi connectivity index (χ4v) is 3.77. The summed E-state index contributed by atoms with van der Waals surface area (Å²) in [6.07, 6.45) is 6.15. The van der Waals surface area contributed by atoms with Gasteiger partial charge in [-0.25, -0.2) is 0 Å². The largest absolute Gasteiger partial charge is 0.341 e. The van der Waals surface area contributed by atoms with E-state index in [1.54, 1.807) is 0 Å². The van der Waals surface area contributed by atoms with Crippen LogP contribution in [-0.4, -0.2) is 47.5 Å². The number of thioether (sulfide) groups is 1. The Kier molecular flexibility index (Phi) is 5.16. The highest BCUT2D eigenvalue weighted by Gasteiger charge is 2.24. The highest BCUT2D eigenvalue weighted by atomic mass is 32.2. The number of carbonyl (C=O) groups excluding carboxylic acids is 1. The predicted octanol–water partition coefficient (Wildman–Crippen LogP) is 1.87. The summed E-state index contributed by atoms with van der Waals surface area (Å²) in [5.41, 5.74) is 0. The average molecular weight is 256 g/mol. The van der Waals surface area contributed by atoms with Gasteiger partial charge in [-0.15, -0.1) is 0 Å². The van der Waals surface area contributed by atoms with Crippen molar-refractivity contribution >= 4 is 17.7 Å². The van der Waals surface area contributed by atoms with Gasteiger partial charge < -0.3 is 10.2 Å². The second-order valence-corrected chi connectivity index (χ2v) is 6.34. The lowest BCUT2D eigenvalue weighted by Gasteiger charge is -2.32. The highest BCUT2D eigenvalue weighted by molar-refractivity contribution is 7.99. The van der Waals surface area contributed by atoms with Gasteiger partial charge in [0.15, 0.2) is 0 Å².